The molecule has 5 nitrogen and oxygen atoms in total. The van der Waals surface area contributed by atoms with E-state index in [4.69, 9.17) is 10.6 Å². The molecule has 0 spiro atoms. The Morgan fingerprint density at radius 2 is 1.89 bits per heavy atom. The van der Waals surface area contributed by atoms with Crippen LogP contribution in [0, 0.1) is 20.8 Å². The quantitative estimate of drug-likeness (QED) is 0.641. The number of aromatic nitrogens is 2. The number of nitrogens with two attached hydrogens (primary N) is 1. The van der Waals surface area contributed by atoms with Crippen LogP contribution in [0.5, 0.6) is 11.6 Å². The van der Waals surface area contributed by atoms with Crippen LogP contribution in [-0.4, -0.2) is 9.97 Å². The third-order valence-electron chi connectivity index (χ3n) is 2.51. The molecule has 3 N–H and O–H groups in total. The van der Waals surface area contributed by atoms with Gasteiger partial charge in [0.1, 0.15) is 17.4 Å². The molecule has 1 heterocycles. The summed E-state index contributed by atoms with van der Waals surface area (Å²) in [6.07, 6.45) is 0. The van der Waals surface area contributed by atoms with Crippen molar-refractivity contribution in [1.82, 2.24) is 9.97 Å². The second-order valence-electron chi connectivity index (χ2n) is 4.15. The molecule has 0 aliphatic rings. The summed E-state index contributed by atoms with van der Waals surface area (Å²) in [6.45, 7) is 5.83. The molecule has 0 aliphatic carbocycles. The number of aryl methyl sites for hydroxylation is 3. The Kier molecular flexibility index (Phi) is 3.43. The minimum atomic E-state index is 0.474. The zero-order chi connectivity index (χ0) is 13.1. The average Bonchev–Trinajstić information content (AvgIpc) is 2.32. The molecule has 2 rings (SSSR count). The molecule has 0 amide bonds. The van der Waals surface area contributed by atoms with Crippen LogP contribution < -0.4 is 16.0 Å². The third-order valence-corrected chi connectivity index (χ3v) is 2.51. The Hall–Kier alpha value is -2.14. The number of hydrazine groups is 1. The second-order valence-corrected chi connectivity index (χ2v) is 4.15. The minimum absolute atomic E-state index is 0.474. The molecular formula is C13H16N4O. The molecule has 18 heavy (non-hydrogen) atoms. The molecule has 0 saturated heterocycles. The SMILES string of the molecule is Cc1ccc(Oc2cc(NN)nc(C)n2)c(C)c1. The molecule has 5 heteroatoms. The maximum absolute atomic E-state index is 5.74. The molecule has 1 aromatic heterocycles. The van der Waals surface area contributed by atoms with Gasteiger partial charge in [0.25, 0.3) is 0 Å². The van der Waals surface area contributed by atoms with Gasteiger partial charge in [0.05, 0.1) is 0 Å². The summed E-state index contributed by atoms with van der Waals surface area (Å²) >= 11 is 0. The van der Waals surface area contributed by atoms with E-state index in [1.165, 1.54) is 5.56 Å². The fourth-order valence-corrected chi connectivity index (χ4v) is 1.69. The van der Waals surface area contributed by atoms with Crippen molar-refractivity contribution in [2.45, 2.75) is 20.8 Å². The van der Waals surface area contributed by atoms with Crippen molar-refractivity contribution < 1.29 is 4.74 Å². The minimum Gasteiger partial charge on any atom is -0.439 e. The first kappa shape index (κ1) is 12.3. The topological polar surface area (TPSA) is 73.1 Å². The number of hydrogen-bond donors (Lipinski definition) is 2. The lowest BCUT2D eigenvalue weighted by Crippen LogP contribution is -2.09. The van der Waals surface area contributed by atoms with Gasteiger partial charge in [-0.1, -0.05) is 17.7 Å². The van der Waals surface area contributed by atoms with Crippen LogP contribution in [0.3, 0.4) is 0 Å². The van der Waals surface area contributed by atoms with Crippen LogP contribution >= 0.6 is 0 Å². The Balaban J connectivity index is 2.30. The van der Waals surface area contributed by atoms with E-state index in [2.05, 4.69) is 21.5 Å². The van der Waals surface area contributed by atoms with Crippen molar-refractivity contribution in [3.63, 3.8) is 0 Å². The molecular weight excluding hydrogens is 228 g/mol. The van der Waals surface area contributed by atoms with Crippen LogP contribution in [0.15, 0.2) is 24.3 Å². The van der Waals surface area contributed by atoms with Gasteiger partial charge in [-0.3, -0.25) is 0 Å². The molecule has 1 aromatic carbocycles. The van der Waals surface area contributed by atoms with Crippen LogP contribution in [0.1, 0.15) is 17.0 Å². The lowest BCUT2D eigenvalue weighted by atomic mass is 10.1. The highest BCUT2D eigenvalue weighted by atomic mass is 16.5. The summed E-state index contributed by atoms with van der Waals surface area (Å²) in [5, 5.41) is 0. The van der Waals surface area contributed by atoms with Gasteiger partial charge in [0.15, 0.2) is 0 Å². The highest BCUT2D eigenvalue weighted by molar-refractivity contribution is 5.41. The number of nitrogens with zero attached hydrogens (tertiary/aromatic N) is 2. The standard InChI is InChI=1S/C13H16N4O/c1-8-4-5-11(9(2)6-8)18-13-7-12(17-14)15-10(3)16-13/h4-7H,14H2,1-3H3,(H,15,16,17). The van der Waals surface area contributed by atoms with Crippen molar-refractivity contribution in [1.29, 1.82) is 0 Å². The zero-order valence-corrected chi connectivity index (χ0v) is 10.7. The lowest BCUT2D eigenvalue weighted by Gasteiger charge is -2.10. The van der Waals surface area contributed by atoms with E-state index in [1.54, 1.807) is 13.0 Å². The second kappa shape index (κ2) is 5.01. The van der Waals surface area contributed by atoms with Crippen molar-refractivity contribution in [3.8, 4) is 11.6 Å². The van der Waals surface area contributed by atoms with E-state index in [0.29, 0.717) is 17.5 Å². The Morgan fingerprint density at radius 1 is 1.11 bits per heavy atom. The smallest absolute Gasteiger partial charge is 0.224 e. The van der Waals surface area contributed by atoms with Crippen LogP contribution in [-0.2, 0) is 0 Å². The van der Waals surface area contributed by atoms with E-state index in [0.717, 1.165) is 11.3 Å². The number of benzene rings is 1. The Morgan fingerprint density at radius 3 is 2.56 bits per heavy atom. The lowest BCUT2D eigenvalue weighted by molar-refractivity contribution is 0.456. The largest absolute Gasteiger partial charge is 0.439 e. The highest BCUT2D eigenvalue weighted by Gasteiger charge is 2.05. The predicted molar refractivity (Wildman–Crippen MR) is 70.6 cm³/mol. The third kappa shape index (κ3) is 2.75. The first-order valence-corrected chi connectivity index (χ1v) is 5.66. The van der Waals surface area contributed by atoms with Gasteiger partial charge in [0.2, 0.25) is 5.88 Å². The molecule has 0 atom stereocenters. The normalized spacial score (nSPS) is 10.2. The Bertz CT molecular complexity index is 569. The van der Waals surface area contributed by atoms with E-state index in [-0.39, 0.29) is 0 Å². The zero-order valence-electron chi connectivity index (χ0n) is 10.7. The van der Waals surface area contributed by atoms with E-state index >= 15 is 0 Å². The number of nitrogens with one attached hydrogen (secondary N) is 1. The number of rotatable bonds is 3. The summed E-state index contributed by atoms with van der Waals surface area (Å²) in [4.78, 5) is 8.31. The van der Waals surface area contributed by atoms with Gasteiger partial charge in [-0.2, -0.15) is 4.98 Å². The molecule has 0 saturated carbocycles. The highest BCUT2D eigenvalue weighted by Crippen LogP contribution is 2.25. The molecule has 0 bridgehead atoms. The van der Waals surface area contributed by atoms with Crippen LogP contribution in [0.25, 0.3) is 0 Å². The molecule has 0 radical (unpaired) electrons. The average molecular weight is 244 g/mol. The summed E-state index contributed by atoms with van der Waals surface area (Å²) < 4.78 is 5.74. The summed E-state index contributed by atoms with van der Waals surface area (Å²) in [5.41, 5.74) is 4.75. The molecule has 94 valence electrons. The first-order chi connectivity index (χ1) is 8.58. The van der Waals surface area contributed by atoms with Crippen LogP contribution in [0.4, 0.5) is 5.82 Å². The molecule has 0 fully saturated rings. The van der Waals surface area contributed by atoms with E-state index in [1.807, 2.05) is 26.0 Å². The Labute approximate surface area is 106 Å². The van der Waals surface area contributed by atoms with Gasteiger partial charge in [0, 0.05) is 6.07 Å². The molecule has 0 aliphatic heterocycles. The predicted octanol–water partition coefficient (Wildman–Crippen LogP) is 2.48. The van der Waals surface area contributed by atoms with E-state index in [9.17, 15) is 0 Å². The summed E-state index contributed by atoms with van der Waals surface area (Å²) in [5.74, 6) is 7.72. The molecule has 0 unspecified atom stereocenters. The fourth-order valence-electron chi connectivity index (χ4n) is 1.69. The van der Waals surface area contributed by atoms with Crippen molar-refractivity contribution in [2.75, 3.05) is 5.43 Å². The number of nitrogen functional groups attached to an aromatic ring is 1. The maximum Gasteiger partial charge on any atom is 0.224 e. The maximum atomic E-state index is 5.74. The number of hydrogen-bond acceptors (Lipinski definition) is 5. The van der Waals surface area contributed by atoms with Gasteiger partial charge in [-0.15, -0.1) is 0 Å². The number of ether oxygens (including phenoxy) is 1. The van der Waals surface area contributed by atoms with Gasteiger partial charge >= 0.3 is 0 Å². The van der Waals surface area contributed by atoms with Crippen molar-refractivity contribution in [3.05, 3.63) is 41.2 Å². The van der Waals surface area contributed by atoms with Gasteiger partial charge < -0.3 is 10.2 Å². The van der Waals surface area contributed by atoms with Crippen LogP contribution in [0.2, 0.25) is 0 Å². The molecule has 2 aromatic rings. The van der Waals surface area contributed by atoms with E-state index < -0.39 is 0 Å². The number of anilines is 1. The fraction of sp³-hybridized carbons (Fsp3) is 0.231. The summed E-state index contributed by atoms with van der Waals surface area (Å²) in [6, 6.07) is 7.65. The van der Waals surface area contributed by atoms with Crippen molar-refractivity contribution >= 4 is 5.82 Å². The van der Waals surface area contributed by atoms with Gasteiger partial charge in [-0.25, -0.2) is 10.8 Å². The van der Waals surface area contributed by atoms with Crippen molar-refractivity contribution in [2.24, 2.45) is 5.84 Å². The first-order valence-electron chi connectivity index (χ1n) is 5.66. The monoisotopic (exact) mass is 244 g/mol. The summed E-state index contributed by atoms with van der Waals surface area (Å²) in [7, 11) is 0. The van der Waals surface area contributed by atoms with Gasteiger partial charge in [-0.05, 0) is 32.4 Å².